The van der Waals surface area contributed by atoms with Gasteiger partial charge in [-0.3, -0.25) is 0 Å². The van der Waals surface area contributed by atoms with E-state index in [4.69, 9.17) is 30.6 Å². The van der Waals surface area contributed by atoms with Gasteiger partial charge in [-0.15, -0.1) is 0 Å². The van der Waals surface area contributed by atoms with Crippen molar-refractivity contribution in [2.75, 3.05) is 42.7 Å². The van der Waals surface area contributed by atoms with Gasteiger partial charge in [0.15, 0.2) is 0 Å². The lowest BCUT2D eigenvalue weighted by Gasteiger charge is -2.16. The lowest BCUT2D eigenvalue weighted by atomic mass is 9.90. The largest absolute Gasteiger partial charge is 0.400 e. The molecule has 6 heteroatoms. The summed E-state index contributed by atoms with van der Waals surface area (Å²) in [6, 6.07) is 107. The Morgan fingerprint density at radius 2 is 0.229 bits per heavy atom. The molecule has 0 saturated carbocycles. The first-order valence-corrected chi connectivity index (χ1v) is 33.4. The second kappa shape index (κ2) is 63.6. The van der Waals surface area contributed by atoms with Crippen LogP contribution in [-0.4, -0.2) is 73.3 Å². The summed E-state index contributed by atoms with van der Waals surface area (Å²) >= 11 is 0. The summed E-state index contributed by atoms with van der Waals surface area (Å²) in [4.78, 5) is 0. The predicted molar refractivity (Wildman–Crippen MR) is 429 cm³/mol. The van der Waals surface area contributed by atoms with E-state index < -0.39 is 0 Å². The highest BCUT2D eigenvalue weighted by Gasteiger charge is 2.09. The summed E-state index contributed by atoms with van der Waals surface area (Å²) in [5.74, 6) is 1.88. The first kappa shape index (κ1) is 91.4. The van der Waals surface area contributed by atoms with E-state index in [1.54, 1.807) is 0 Å². The molecule has 0 aliphatic heterocycles. The second-order valence-corrected chi connectivity index (χ2v) is 21.6. The molecule has 0 aliphatic rings. The summed E-state index contributed by atoms with van der Waals surface area (Å²) in [6.07, 6.45) is 3.75. The molecule has 516 valence electrons. The minimum atomic E-state index is 0.626. The number of hydrogen-bond donors (Lipinski definition) is 6. The Morgan fingerprint density at radius 1 is 0.167 bits per heavy atom. The van der Waals surface area contributed by atoms with E-state index in [9.17, 15) is 0 Å². The molecule has 0 fully saturated rings. The van der Waals surface area contributed by atoms with Gasteiger partial charge in [0.2, 0.25) is 0 Å². The monoisotopic (exact) mass is 1300 g/mol. The molecule has 0 spiro atoms. The first-order chi connectivity index (χ1) is 47.0. The molecule has 0 atom stereocenters. The molecule has 0 aliphatic carbocycles. The maximum atomic E-state index is 7.00. The normalized spacial score (nSPS) is 9.03. The number of hydrogen-bond acceptors (Lipinski definition) is 6. The van der Waals surface area contributed by atoms with Crippen LogP contribution < -0.4 is 0 Å². The molecule has 96 heavy (non-hydrogen) atoms. The van der Waals surface area contributed by atoms with Crippen molar-refractivity contribution in [2.24, 2.45) is 0 Å². The fraction of sp³-hybridized carbons (Fsp3) is 0.267. The summed E-state index contributed by atoms with van der Waals surface area (Å²) in [5.41, 5.74) is 4.43. The fourth-order valence-electron chi connectivity index (χ4n) is 8.50. The van der Waals surface area contributed by atoms with Crippen LogP contribution in [0.4, 0.5) is 0 Å². The van der Waals surface area contributed by atoms with Crippen LogP contribution >= 0.6 is 0 Å². The van der Waals surface area contributed by atoms with Crippen molar-refractivity contribution < 1.29 is 30.6 Å². The number of aliphatic hydroxyl groups is 6. The minimum absolute atomic E-state index is 0.626. The smallest absolute Gasteiger partial charge is 0.0319 e. The third-order valence-corrected chi connectivity index (χ3v) is 13.0. The van der Waals surface area contributed by atoms with Gasteiger partial charge < -0.3 is 30.6 Å². The van der Waals surface area contributed by atoms with Crippen molar-refractivity contribution in [3.63, 3.8) is 0 Å². The lowest BCUT2D eigenvalue weighted by molar-refractivity contribution is 0.399. The molecular weight excluding hydrogens is 1180 g/mol. The third kappa shape index (κ3) is 39.8. The van der Waals surface area contributed by atoms with Crippen molar-refractivity contribution in [1.82, 2.24) is 0 Å². The zero-order chi connectivity index (χ0) is 72.6. The molecule has 6 nitrogen and oxygen atoms in total. The minimum Gasteiger partial charge on any atom is -0.400 e. The van der Waals surface area contributed by atoms with E-state index in [0.717, 1.165) is 42.7 Å². The van der Waals surface area contributed by atoms with Crippen LogP contribution in [0.3, 0.4) is 0 Å². The van der Waals surface area contributed by atoms with Gasteiger partial charge in [0.1, 0.15) is 0 Å². The maximum absolute atomic E-state index is 7.00. The van der Waals surface area contributed by atoms with Crippen molar-refractivity contribution in [1.29, 1.82) is 0 Å². The standard InChI is InChI=1S/C15H24.6C10H8.3C3H8.6CH4O/c1-10(2)13-7-14(11(3)4)9-15(8-13)12(5)6;6*1-2-6-10-8-4-3-7-9(10)5-1;3*1-3-2;6*1-2/h7-12H,1-6H3;6*1-8H;3*3H2,1-2H3;6*2H,1H3. The molecule has 6 N–H and O–H groups in total. The predicted octanol–water partition coefficient (Wildman–Crippen LogP) is 24.0. The van der Waals surface area contributed by atoms with E-state index in [2.05, 4.69) is 392 Å². The van der Waals surface area contributed by atoms with Crippen LogP contribution in [-0.2, 0) is 0 Å². The molecule has 13 aromatic rings. The van der Waals surface area contributed by atoms with Gasteiger partial charge in [0, 0.05) is 42.7 Å². The SMILES string of the molecule is CC(C)c1cc(C(C)C)cc(C(C)C)c1.CCC.CCC.CCC.CO.CO.CO.CO.CO.CO.c1ccc2ccccc2c1.c1ccc2ccccc2c1.c1ccc2ccccc2c1.c1ccc2ccccc2c1.c1ccc2ccccc2c1.c1ccc2ccccc2c1. The second-order valence-electron chi connectivity index (χ2n) is 21.6. The quantitative estimate of drug-likeness (QED) is 0.105. The van der Waals surface area contributed by atoms with Crippen LogP contribution in [0.25, 0.3) is 64.6 Å². The lowest BCUT2D eigenvalue weighted by Crippen LogP contribution is -1.98. The van der Waals surface area contributed by atoms with E-state index in [1.807, 2.05) is 0 Å². The van der Waals surface area contributed by atoms with Crippen LogP contribution in [0.1, 0.15) is 137 Å². The van der Waals surface area contributed by atoms with Gasteiger partial charge in [-0.1, -0.05) is 412 Å². The average molecular weight is 1300 g/mol. The molecule has 0 heterocycles. The number of fused-ring (bicyclic) bond motifs is 6. The molecule has 13 aromatic carbocycles. The molecule has 0 saturated heterocycles. The molecule has 0 bridgehead atoms. The van der Waals surface area contributed by atoms with E-state index in [1.165, 1.54) is 101 Å². The Kier molecular flexibility index (Phi) is 60.5. The molecule has 0 unspecified atom stereocenters. The highest BCUT2D eigenvalue weighted by Crippen LogP contribution is 2.27. The van der Waals surface area contributed by atoms with E-state index in [0.29, 0.717) is 17.8 Å². The summed E-state index contributed by atoms with van der Waals surface area (Å²) < 4.78 is 0. The zero-order valence-electron chi connectivity index (χ0n) is 61.5. The Morgan fingerprint density at radius 3 is 0.281 bits per heavy atom. The van der Waals surface area contributed by atoms with Crippen molar-refractivity contribution in [3.8, 4) is 0 Å². The summed E-state index contributed by atoms with van der Waals surface area (Å²) in [7, 11) is 6.00. The van der Waals surface area contributed by atoms with Crippen LogP contribution in [0.15, 0.2) is 309 Å². The van der Waals surface area contributed by atoms with Crippen LogP contribution in [0.2, 0.25) is 0 Å². The zero-order valence-corrected chi connectivity index (χ0v) is 61.5. The van der Waals surface area contributed by atoms with Crippen LogP contribution in [0.5, 0.6) is 0 Å². The molecule has 0 amide bonds. The highest BCUT2D eigenvalue weighted by atomic mass is 16.2. The Labute approximate surface area is 580 Å². The van der Waals surface area contributed by atoms with Crippen molar-refractivity contribution in [2.45, 2.75) is 120 Å². The fourth-order valence-corrected chi connectivity index (χ4v) is 8.50. The van der Waals surface area contributed by atoms with E-state index >= 15 is 0 Å². The Bertz CT molecular complexity index is 2800. The highest BCUT2D eigenvalue weighted by molar-refractivity contribution is 5.85. The molecular formula is C90H120O6. The molecule has 13 rings (SSSR count). The van der Waals surface area contributed by atoms with Crippen molar-refractivity contribution >= 4 is 64.6 Å². The van der Waals surface area contributed by atoms with Gasteiger partial charge in [-0.05, 0) is 99.1 Å². The molecule has 0 radical (unpaired) electrons. The number of benzene rings is 13. The third-order valence-electron chi connectivity index (χ3n) is 13.0. The van der Waals surface area contributed by atoms with Gasteiger partial charge in [0.05, 0.1) is 0 Å². The first-order valence-electron chi connectivity index (χ1n) is 33.4. The van der Waals surface area contributed by atoms with E-state index in [-0.39, 0.29) is 0 Å². The number of aliphatic hydroxyl groups excluding tert-OH is 6. The summed E-state index contributed by atoms with van der Waals surface area (Å²) in [6.45, 7) is 26.4. The summed E-state index contributed by atoms with van der Waals surface area (Å²) in [5, 5.41) is 57.7. The topological polar surface area (TPSA) is 121 Å². The average Bonchev–Trinajstić information content (AvgIpc) is 1.04. The maximum Gasteiger partial charge on any atom is 0.0319 e. The van der Waals surface area contributed by atoms with Gasteiger partial charge in [-0.2, -0.15) is 0 Å². The van der Waals surface area contributed by atoms with Crippen molar-refractivity contribution in [3.05, 3.63) is 326 Å². The van der Waals surface area contributed by atoms with Gasteiger partial charge in [0.25, 0.3) is 0 Å². The van der Waals surface area contributed by atoms with Gasteiger partial charge in [-0.25, -0.2) is 0 Å². The van der Waals surface area contributed by atoms with Crippen LogP contribution in [0, 0.1) is 0 Å². The Balaban J connectivity index is -0.00000101. The Hall–Kier alpha value is -8.82. The molecule has 0 aromatic heterocycles. The number of rotatable bonds is 3. The van der Waals surface area contributed by atoms with Gasteiger partial charge >= 0.3 is 0 Å².